The summed E-state index contributed by atoms with van der Waals surface area (Å²) in [6.07, 6.45) is 27.1. The van der Waals surface area contributed by atoms with Crippen molar-refractivity contribution in [2.24, 2.45) is 4.99 Å². The summed E-state index contributed by atoms with van der Waals surface area (Å²) in [5.41, 5.74) is 17.5. The molecule has 4 nitrogen and oxygen atoms in total. The van der Waals surface area contributed by atoms with Gasteiger partial charge in [0.15, 0.2) is 0 Å². The Bertz CT molecular complexity index is 2760. The zero-order chi connectivity index (χ0) is 37.0. The predicted molar refractivity (Wildman–Crippen MR) is 234 cm³/mol. The van der Waals surface area contributed by atoms with E-state index in [1.807, 2.05) is 0 Å². The molecule has 11 rings (SSSR count). The second kappa shape index (κ2) is 13.9. The summed E-state index contributed by atoms with van der Waals surface area (Å²) in [6, 6.07) is 35.7. The number of fused-ring (bicyclic) bond motifs is 6. The average Bonchev–Trinajstić information content (AvgIpc) is 3.82. The van der Waals surface area contributed by atoms with Crippen molar-refractivity contribution >= 4 is 56.2 Å². The summed E-state index contributed by atoms with van der Waals surface area (Å²) < 4.78 is 9.35. The Kier molecular flexibility index (Phi) is 8.23. The third kappa shape index (κ3) is 5.78. The molecule has 0 saturated heterocycles. The monoisotopic (exact) mass is 727 g/mol. The molecule has 4 aliphatic carbocycles. The molecule has 4 aromatic carbocycles. The molecule has 1 atom stereocenters. The molecule has 274 valence electrons. The number of furan rings is 1. The Hall–Kier alpha value is -6.13. The average molecular weight is 728 g/mol. The number of aromatic nitrogens is 1. The number of hydrogen-bond donors (Lipinski definition) is 1. The lowest BCUT2D eigenvalue weighted by Crippen LogP contribution is -2.39. The Morgan fingerprint density at radius 2 is 1.57 bits per heavy atom. The highest BCUT2D eigenvalue weighted by atomic mass is 16.3. The number of aliphatic imine (C=N–C) groups is 1. The summed E-state index contributed by atoms with van der Waals surface area (Å²) in [6.45, 7) is 0. The molecular weight excluding hydrogens is 683 g/mol. The molecule has 1 aliphatic heterocycles. The summed E-state index contributed by atoms with van der Waals surface area (Å²) in [7, 11) is 0. The maximum Gasteiger partial charge on any atom is 0.137 e. The van der Waals surface area contributed by atoms with E-state index in [9.17, 15) is 0 Å². The summed E-state index contributed by atoms with van der Waals surface area (Å²) in [5, 5.41) is 6.37. The van der Waals surface area contributed by atoms with Crippen LogP contribution in [0, 0.1) is 0 Å². The number of hydrogen-bond acceptors (Lipinski definition) is 3. The first-order valence-electron chi connectivity index (χ1n) is 20.6. The van der Waals surface area contributed by atoms with Gasteiger partial charge in [0.2, 0.25) is 0 Å². The summed E-state index contributed by atoms with van der Waals surface area (Å²) >= 11 is 0. The fourth-order valence-electron chi connectivity index (χ4n) is 9.69. The van der Waals surface area contributed by atoms with Crippen molar-refractivity contribution in [1.82, 2.24) is 9.88 Å². The van der Waals surface area contributed by atoms with E-state index in [0.717, 1.165) is 96.5 Å². The molecule has 3 heterocycles. The van der Waals surface area contributed by atoms with E-state index in [4.69, 9.17) is 9.41 Å². The van der Waals surface area contributed by atoms with Crippen LogP contribution in [0.2, 0.25) is 0 Å². The minimum atomic E-state index is 0.130. The molecule has 1 unspecified atom stereocenters. The zero-order valence-electron chi connectivity index (χ0n) is 31.7. The summed E-state index contributed by atoms with van der Waals surface area (Å²) in [5.74, 6) is 2.00. The molecule has 1 N–H and O–H groups in total. The first-order chi connectivity index (χ1) is 27.7. The summed E-state index contributed by atoms with van der Waals surface area (Å²) in [4.78, 5) is 5.33. The van der Waals surface area contributed by atoms with Gasteiger partial charge in [0.25, 0.3) is 0 Å². The third-order valence-corrected chi connectivity index (χ3v) is 12.5. The first kappa shape index (κ1) is 33.2. The maximum absolute atomic E-state index is 6.85. The fourth-order valence-corrected chi connectivity index (χ4v) is 9.69. The third-order valence-electron chi connectivity index (χ3n) is 12.5. The highest BCUT2D eigenvalue weighted by Crippen LogP contribution is 2.43. The Morgan fingerprint density at radius 1 is 0.696 bits per heavy atom. The van der Waals surface area contributed by atoms with Crippen molar-refractivity contribution in [3.8, 4) is 5.69 Å². The molecule has 0 amide bonds. The van der Waals surface area contributed by atoms with E-state index in [2.05, 4.69) is 149 Å². The first-order valence-corrected chi connectivity index (χ1v) is 20.6. The van der Waals surface area contributed by atoms with Gasteiger partial charge in [-0.3, -0.25) is 0 Å². The van der Waals surface area contributed by atoms with Crippen LogP contribution in [0.25, 0.3) is 56.1 Å². The van der Waals surface area contributed by atoms with E-state index in [-0.39, 0.29) is 6.04 Å². The van der Waals surface area contributed by atoms with E-state index in [1.165, 1.54) is 68.4 Å². The van der Waals surface area contributed by atoms with Gasteiger partial charge >= 0.3 is 0 Å². The van der Waals surface area contributed by atoms with Gasteiger partial charge in [0, 0.05) is 51.3 Å². The highest BCUT2D eigenvalue weighted by Gasteiger charge is 2.30. The van der Waals surface area contributed by atoms with Gasteiger partial charge in [0.1, 0.15) is 17.2 Å². The van der Waals surface area contributed by atoms with Crippen molar-refractivity contribution in [3.05, 3.63) is 178 Å². The molecule has 4 heteroatoms. The van der Waals surface area contributed by atoms with Crippen molar-refractivity contribution < 1.29 is 4.42 Å². The number of aryl methyl sites for hydroxylation is 1. The van der Waals surface area contributed by atoms with Crippen LogP contribution in [0.15, 0.2) is 149 Å². The standard InChI is InChI=1S/C52H45N3O/c1-5-14-34(15-6-1)38-24-28-47-43(30-38)44-31-39(35-16-7-2-8-17-35)25-29-48(44)55(47)40-26-27-41-50(32-40)56-49-23-13-22-42(51(41)49)52-53-45(36-18-9-3-10-19-36)33-46(54-52)37-20-11-4-12-21-37/h1-3,5-7,9-10,14-16,18-20,22,25-27,29-33,46H,4,8,11-13,17,21,23-24,28H2,(H,53,54). The quantitative estimate of drug-likeness (QED) is 0.174. The van der Waals surface area contributed by atoms with Crippen molar-refractivity contribution in [2.75, 3.05) is 0 Å². The van der Waals surface area contributed by atoms with E-state index in [0.29, 0.717) is 0 Å². The van der Waals surface area contributed by atoms with Crippen LogP contribution in [-0.4, -0.2) is 16.4 Å². The van der Waals surface area contributed by atoms with E-state index in [1.54, 1.807) is 0 Å². The number of nitrogens with zero attached hydrogens (tertiary/aromatic N) is 2. The van der Waals surface area contributed by atoms with Gasteiger partial charge in [-0.15, -0.1) is 0 Å². The normalized spacial score (nSPS) is 19.2. The maximum atomic E-state index is 6.85. The molecule has 0 saturated carbocycles. The number of benzene rings is 4. The van der Waals surface area contributed by atoms with E-state index >= 15 is 0 Å². The van der Waals surface area contributed by atoms with Gasteiger partial charge in [-0.2, -0.15) is 0 Å². The van der Waals surface area contributed by atoms with Crippen LogP contribution in [0.5, 0.6) is 0 Å². The number of nitrogens with one attached hydrogen (secondary N) is 1. The zero-order valence-corrected chi connectivity index (χ0v) is 31.7. The van der Waals surface area contributed by atoms with Crippen LogP contribution in [0.1, 0.15) is 90.6 Å². The van der Waals surface area contributed by atoms with Crippen LogP contribution >= 0.6 is 0 Å². The van der Waals surface area contributed by atoms with Gasteiger partial charge in [-0.05, 0) is 128 Å². The molecule has 0 fully saturated rings. The molecule has 2 aromatic heterocycles. The Labute approximate surface area is 328 Å². The Balaban J connectivity index is 1.02. The molecule has 56 heavy (non-hydrogen) atoms. The van der Waals surface area contributed by atoms with Crippen LogP contribution in [0.4, 0.5) is 0 Å². The highest BCUT2D eigenvalue weighted by molar-refractivity contribution is 6.27. The molecular formula is C52H45N3O. The smallest absolute Gasteiger partial charge is 0.137 e. The minimum absolute atomic E-state index is 0.130. The lowest BCUT2D eigenvalue weighted by Gasteiger charge is -2.29. The van der Waals surface area contributed by atoms with Gasteiger partial charge < -0.3 is 14.3 Å². The predicted octanol–water partition coefficient (Wildman–Crippen LogP) is 12.8. The molecule has 0 bridgehead atoms. The van der Waals surface area contributed by atoms with Gasteiger partial charge in [-0.25, -0.2) is 4.99 Å². The largest absolute Gasteiger partial charge is 0.460 e. The molecule has 0 radical (unpaired) electrons. The molecule has 0 spiro atoms. The second-order valence-electron chi connectivity index (χ2n) is 15.9. The SMILES string of the molecule is C1=CCCC(c2ccc3c(c2)c2c(n3-c3ccc4c5c(oc4c3)CCC=C5C3=NC(c4ccccc4)=CC(C4=CCCCC4)N3)CCC(c3ccccc3)=C2)=C1. The molecule has 6 aromatic rings. The van der Waals surface area contributed by atoms with Crippen LogP contribution in [-0.2, 0) is 12.8 Å². The topological polar surface area (TPSA) is 42.5 Å². The van der Waals surface area contributed by atoms with Crippen molar-refractivity contribution in [1.29, 1.82) is 0 Å². The minimum Gasteiger partial charge on any atom is -0.460 e. The van der Waals surface area contributed by atoms with Crippen molar-refractivity contribution in [3.63, 3.8) is 0 Å². The number of allylic oxidation sites excluding steroid dienone is 7. The second-order valence-corrected chi connectivity index (χ2v) is 15.9. The van der Waals surface area contributed by atoms with Crippen LogP contribution < -0.4 is 5.32 Å². The fraction of sp³-hybridized carbons (Fsp3) is 0.212. The van der Waals surface area contributed by atoms with Gasteiger partial charge in [0.05, 0.1) is 17.3 Å². The number of rotatable bonds is 6. The number of amidine groups is 1. The van der Waals surface area contributed by atoms with Crippen molar-refractivity contribution in [2.45, 2.75) is 70.3 Å². The molecule has 5 aliphatic rings. The van der Waals surface area contributed by atoms with Gasteiger partial charge in [-0.1, -0.05) is 97.1 Å². The lowest BCUT2D eigenvalue weighted by atomic mass is 9.89. The Morgan fingerprint density at radius 3 is 2.39 bits per heavy atom. The van der Waals surface area contributed by atoms with E-state index < -0.39 is 0 Å². The lowest BCUT2D eigenvalue weighted by molar-refractivity contribution is 0.545. The van der Waals surface area contributed by atoms with Crippen LogP contribution in [0.3, 0.4) is 0 Å².